The summed E-state index contributed by atoms with van der Waals surface area (Å²) in [7, 11) is 0. The quantitative estimate of drug-likeness (QED) is 0.737. The number of fused-ring (bicyclic) bond motifs is 2. The normalized spacial score (nSPS) is 14.0. The zero-order valence-corrected chi connectivity index (χ0v) is 13.7. The topological polar surface area (TPSA) is 63.6 Å². The fourth-order valence-electron chi connectivity index (χ4n) is 3.43. The molecule has 0 spiro atoms. The van der Waals surface area contributed by atoms with E-state index < -0.39 is 0 Å². The first kappa shape index (κ1) is 14.8. The molecule has 24 heavy (non-hydrogen) atoms. The summed E-state index contributed by atoms with van der Waals surface area (Å²) < 4.78 is 1.60. The van der Waals surface area contributed by atoms with Crippen molar-refractivity contribution in [2.24, 2.45) is 0 Å². The third-order valence-corrected chi connectivity index (χ3v) is 4.60. The van der Waals surface area contributed by atoms with Gasteiger partial charge in [0.15, 0.2) is 0 Å². The van der Waals surface area contributed by atoms with Gasteiger partial charge in [-0.15, -0.1) is 0 Å². The molecule has 0 radical (unpaired) electrons. The molecule has 2 aromatic heterocycles. The molecule has 3 heterocycles. The summed E-state index contributed by atoms with van der Waals surface area (Å²) in [6.45, 7) is 3.54. The van der Waals surface area contributed by atoms with Crippen molar-refractivity contribution in [1.82, 2.24) is 9.38 Å². The number of hydrogen-bond acceptors (Lipinski definition) is 4. The highest BCUT2D eigenvalue weighted by molar-refractivity contribution is 5.66. The minimum Gasteiger partial charge on any atom is -0.398 e. The van der Waals surface area contributed by atoms with Crippen LogP contribution in [0.2, 0.25) is 0 Å². The van der Waals surface area contributed by atoms with Crippen molar-refractivity contribution in [2.45, 2.75) is 26.3 Å². The maximum Gasteiger partial charge on any atom is 0.258 e. The molecule has 0 unspecified atom stereocenters. The fourth-order valence-corrected chi connectivity index (χ4v) is 3.43. The van der Waals surface area contributed by atoms with Gasteiger partial charge in [0.25, 0.3) is 5.56 Å². The number of aromatic nitrogens is 2. The van der Waals surface area contributed by atoms with E-state index in [0.717, 1.165) is 42.0 Å². The van der Waals surface area contributed by atoms with E-state index in [1.165, 1.54) is 5.56 Å². The van der Waals surface area contributed by atoms with E-state index in [1.54, 1.807) is 10.5 Å². The molecule has 1 aromatic carbocycles. The summed E-state index contributed by atoms with van der Waals surface area (Å²) >= 11 is 0. The molecular weight excluding hydrogens is 300 g/mol. The number of anilines is 2. The second kappa shape index (κ2) is 5.67. The third kappa shape index (κ3) is 2.52. The van der Waals surface area contributed by atoms with E-state index in [0.29, 0.717) is 12.2 Å². The molecule has 5 nitrogen and oxygen atoms in total. The Morgan fingerprint density at radius 2 is 2.12 bits per heavy atom. The first-order chi connectivity index (χ1) is 11.6. The molecule has 0 atom stereocenters. The lowest BCUT2D eigenvalue weighted by molar-refractivity contribution is 0.684. The number of hydrogen-bond donors (Lipinski definition) is 1. The Bertz CT molecular complexity index is 977. The molecule has 5 heteroatoms. The largest absolute Gasteiger partial charge is 0.398 e. The Hall–Kier alpha value is -2.82. The monoisotopic (exact) mass is 320 g/mol. The van der Waals surface area contributed by atoms with Crippen molar-refractivity contribution in [1.29, 1.82) is 0 Å². The van der Waals surface area contributed by atoms with Gasteiger partial charge >= 0.3 is 0 Å². The van der Waals surface area contributed by atoms with Crippen LogP contribution in [0.25, 0.3) is 5.65 Å². The molecule has 0 saturated carbocycles. The average molecular weight is 320 g/mol. The van der Waals surface area contributed by atoms with Gasteiger partial charge in [-0.1, -0.05) is 12.1 Å². The van der Waals surface area contributed by atoms with Crippen LogP contribution in [0.1, 0.15) is 23.2 Å². The van der Waals surface area contributed by atoms with Gasteiger partial charge in [0.2, 0.25) is 0 Å². The maximum atomic E-state index is 12.4. The van der Waals surface area contributed by atoms with Crippen molar-refractivity contribution in [3.8, 4) is 0 Å². The van der Waals surface area contributed by atoms with Crippen molar-refractivity contribution in [2.75, 3.05) is 17.2 Å². The summed E-state index contributed by atoms with van der Waals surface area (Å²) in [6, 6.07) is 11.5. The molecule has 4 rings (SSSR count). The molecular formula is C19H20N4O. The van der Waals surface area contributed by atoms with Crippen molar-refractivity contribution >= 4 is 17.0 Å². The van der Waals surface area contributed by atoms with Crippen LogP contribution in [-0.4, -0.2) is 15.9 Å². The molecule has 1 aliphatic heterocycles. The van der Waals surface area contributed by atoms with Gasteiger partial charge in [-0.3, -0.25) is 9.20 Å². The molecule has 1 aliphatic rings. The summed E-state index contributed by atoms with van der Waals surface area (Å²) in [5, 5.41) is 0. The van der Waals surface area contributed by atoms with Crippen molar-refractivity contribution < 1.29 is 0 Å². The van der Waals surface area contributed by atoms with Gasteiger partial charge in [0, 0.05) is 30.2 Å². The lowest BCUT2D eigenvalue weighted by Crippen LogP contribution is -2.30. The molecule has 0 saturated heterocycles. The van der Waals surface area contributed by atoms with Crippen LogP contribution in [0.15, 0.2) is 47.4 Å². The highest BCUT2D eigenvalue weighted by atomic mass is 16.1. The number of benzene rings is 1. The smallest absolute Gasteiger partial charge is 0.258 e. The van der Waals surface area contributed by atoms with Gasteiger partial charge < -0.3 is 10.6 Å². The predicted molar refractivity (Wildman–Crippen MR) is 96.4 cm³/mol. The Labute approximate surface area is 140 Å². The van der Waals surface area contributed by atoms with Crippen molar-refractivity contribution in [3.63, 3.8) is 0 Å². The van der Waals surface area contributed by atoms with Gasteiger partial charge in [0.1, 0.15) is 5.65 Å². The lowest BCUT2D eigenvalue weighted by atomic mass is 10.00. The average Bonchev–Trinajstić information content (AvgIpc) is 2.57. The molecule has 2 N–H and O–H groups in total. The van der Waals surface area contributed by atoms with Gasteiger partial charge in [-0.2, -0.15) is 0 Å². The number of pyridine rings is 1. The second-order valence-corrected chi connectivity index (χ2v) is 6.39. The minimum atomic E-state index is -0.0384. The number of nitrogen functional groups attached to an aromatic ring is 1. The van der Waals surface area contributed by atoms with Gasteiger partial charge in [0.05, 0.1) is 12.2 Å². The molecule has 0 aliphatic carbocycles. The summed E-state index contributed by atoms with van der Waals surface area (Å²) in [5.74, 6) is 0. The maximum absolute atomic E-state index is 12.4. The molecule has 0 fully saturated rings. The second-order valence-electron chi connectivity index (χ2n) is 6.39. The number of nitrogens with zero attached hydrogens (tertiary/aromatic N) is 3. The van der Waals surface area contributed by atoms with Crippen LogP contribution < -0.4 is 16.2 Å². The van der Waals surface area contributed by atoms with Crippen molar-refractivity contribution in [3.05, 3.63) is 69.8 Å². The van der Waals surface area contributed by atoms with E-state index in [4.69, 9.17) is 5.73 Å². The highest BCUT2D eigenvalue weighted by Crippen LogP contribution is 2.31. The van der Waals surface area contributed by atoms with Gasteiger partial charge in [-0.05, 0) is 49.1 Å². The van der Waals surface area contributed by atoms with Crippen LogP contribution in [0, 0.1) is 6.92 Å². The van der Waals surface area contributed by atoms with E-state index >= 15 is 0 Å². The Morgan fingerprint density at radius 1 is 1.25 bits per heavy atom. The summed E-state index contributed by atoms with van der Waals surface area (Å²) in [4.78, 5) is 19.3. The fraction of sp³-hybridized carbons (Fsp3) is 0.263. The van der Waals surface area contributed by atoms with Crippen LogP contribution >= 0.6 is 0 Å². The van der Waals surface area contributed by atoms with E-state index in [1.807, 2.05) is 37.4 Å². The van der Waals surface area contributed by atoms with Gasteiger partial charge in [-0.25, -0.2) is 4.98 Å². The molecule has 122 valence electrons. The molecule has 0 bridgehead atoms. The zero-order chi connectivity index (χ0) is 16.7. The molecule has 0 amide bonds. The number of aryl methyl sites for hydroxylation is 1. The third-order valence-electron chi connectivity index (χ3n) is 4.60. The lowest BCUT2D eigenvalue weighted by Gasteiger charge is -2.31. The SMILES string of the molecule is Cc1ccc2nc(CN3CCCc4c(N)cccc43)cc(=O)n2c1. The van der Waals surface area contributed by atoms with Crippen LogP contribution in [-0.2, 0) is 13.0 Å². The molecule has 3 aromatic rings. The Kier molecular flexibility index (Phi) is 3.49. The Balaban J connectivity index is 1.72. The summed E-state index contributed by atoms with van der Waals surface area (Å²) in [6.07, 6.45) is 3.89. The first-order valence-electron chi connectivity index (χ1n) is 8.23. The minimum absolute atomic E-state index is 0.0384. The Morgan fingerprint density at radius 3 is 3.00 bits per heavy atom. The highest BCUT2D eigenvalue weighted by Gasteiger charge is 2.19. The first-order valence-corrected chi connectivity index (χ1v) is 8.23. The van der Waals surface area contributed by atoms with E-state index in [2.05, 4.69) is 16.0 Å². The standard InChI is InChI=1S/C19H20N4O/c1-13-7-8-18-21-14(10-19(24)23(18)11-13)12-22-9-3-4-15-16(20)5-2-6-17(15)22/h2,5-8,10-11H,3-4,9,12,20H2,1H3. The number of nitrogens with two attached hydrogens (primary N) is 1. The van der Waals surface area contributed by atoms with Crippen LogP contribution in [0.4, 0.5) is 11.4 Å². The van der Waals surface area contributed by atoms with Crippen LogP contribution in [0.3, 0.4) is 0 Å². The van der Waals surface area contributed by atoms with E-state index in [9.17, 15) is 4.79 Å². The summed E-state index contributed by atoms with van der Waals surface area (Å²) in [5.41, 5.74) is 11.8. The van der Waals surface area contributed by atoms with Crippen LogP contribution in [0.5, 0.6) is 0 Å². The number of rotatable bonds is 2. The zero-order valence-electron chi connectivity index (χ0n) is 13.7. The predicted octanol–water partition coefficient (Wildman–Crippen LogP) is 2.54. The van der Waals surface area contributed by atoms with E-state index in [-0.39, 0.29) is 5.56 Å².